The van der Waals surface area contributed by atoms with Gasteiger partial charge in [0.05, 0.1) is 17.7 Å². The van der Waals surface area contributed by atoms with Gasteiger partial charge >= 0.3 is 0 Å². The molecule has 0 saturated carbocycles. The van der Waals surface area contributed by atoms with E-state index < -0.39 is 0 Å². The van der Waals surface area contributed by atoms with Crippen LogP contribution in [0.5, 0.6) is 5.75 Å². The summed E-state index contributed by atoms with van der Waals surface area (Å²) in [6.07, 6.45) is 0. The summed E-state index contributed by atoms with van der Waals surface area (Å²) in [7, 11) is 1.58. The van der Waals surface area contributed by atoms with E-state index in [4.69, 9.17) is 16.3 Å². The molecule has 0 aliphatic rings. The molecule has 0 amide bonds. The Hall–Kier alpha value is -0.773. The van der Waals surface area contributed by atoms with Crippen LogP contribution in [0.4, 0.5) is 0 Å². The summed E-state index contributed by atoms with van der Waals surface area (Å²) in [5, 5.41) is 1.42. The molecule has 0 aliphatic carbocycles. The van der Waals surface area contributed by atoms with Crippen molar-refractivity contribution in [3.05, 3.63) is 59.1 Å². The number of hydrogen-bond acceptors (Lipinski definition) is 2. The van der Waals surface area contributed by atoms with Crippen molar-refractivity contribution in [2.75, 3.05) is 7.11 Å². The Morgan fingerprint density at radius 1 is 1.11 bits per heavy atom. The quantitative estimate of drug-likeness (QED) is 0.637. The molecule has 0 N–H and O–H groups in total. The monoisotopic (exact) mass is 285 g/mol. The van der Waals surface area contributed by atoms with Crippen LogP contribution in [-0.4, -0.2) is 31.5 Å². The molecule has 0 saturated heterocycles. The van der Waals surface area contributed by atoms with Crippen LogP contribution < -0.4 is 10.0 Å². The number of methoxy groups -OCH3 is 1. The molecule has 0 spiro atoms. The van der Waals surface area contributed by atoms with E-state index in [0.717, 1.165) is 5.30 Å². The number of carbonyl (C=O) groups is 1. The van der Waals surface area contributed by atoms with Gasteiger partial charge in [0.2, 0.25) is 0 Å². The summed E-state index contributed by atoms with van der Waals surface area (Å²) in [4.78, 5) is 12.3. The first-order valence-corrected chi connectivity index (χ1v) is 6.79. The van der Waals surface area contributed by atoms with Gasteiger partial charge in [-0.15, -0.1) is 0 Å². The number of hydrogen-bond donors (Lipinski definition) is 0. The molecule has 0 heterocycles. The largest absolute Gasteiger partial charge is 0.496 e. The van der Waals surface area contributed by atoms with Gasteiger partial charge in [-0.3, -0.25) is 4.79 Å². The molecule has 2 aromatic rings. The summed E-state index contributed by atoms with van der Waals surface area (Å²) < 4.78 is 5.18. The van der Waals surface area contributed by atoms with E-state index in [1.165, 1.54) is 7.11 Å². The molecule has 0 fully saturated rings. The van der Waals surface area contributed by atoms with E-state index >= 15 is 0 Å². The molecule has 19 heavy (non-hydrogen) atoms. The average Bonchev–Trinajstić information content (AvgIpc) is 2.39. The first kappa shape index (κ1) is 16.3. The SMILES string of the molecule is COc1cccc(Cl)c1C(=O)Pc1ccccc1.[Li]. The molecular weight excluding hydrogens is 274 g/mol. The minimum absolute atomic E-state index is 0. The van der Waals surface area contributed by atoms with Crippen LogP contribution >= 0.6 is 20.2 Å². The van der Waals surface area contributed by atoms with Crippen molar-refractivity contribution in [1.29, 1.82) is 0 Å². The molecule has 5 heteroatoms. The van der Waals surface area contributed by atoms with Crippen molar-refractivity contribution in [1.82, 2.24) is 0 Å². The Morgan fingerprint density at radius 2 is 1.79 bits per heavy atom. The zero-order chi connectivity index (χ0) is 13.0. The van der Waals surface area contributed by atoms with E-state index in [9.17, 15) is 4.79 Å². The van der Waals surface area contributed by atoms with Gasteiger partial charge in [0.1, 0.15) is 5.75 Å². The molecular formula is C14H12ClLiO2P. The zero-order valence-corrected chi connectivity index (χ0v) is 12.6. The number of benzene rings is 2. The number of halogens is 1. The van der Waals surface area contributed by atoms with Crippen molar-refractivity contribution >= 4 is 49.9 Å². The Morgan fingerprint density at radius 3 is 2.42 bits per heavy atom. The predicted octanol–water partition coefficient (Wildman–Crippen LogP) is 3.11. The van der Waals surface area contributed by atoms with Gasteiger partial charge in [0.15, 0.2) is 5.52 Å². The van der Waals surface area contributed by atoms with Crippen LogP contribution in [0.1, 0.15) is 10.4 Å². The second-order valence-corrected chi connectivity index (χ2v) is 5.33. The Bertz CT molecular complexity index is 561. The van der Waals surface area contributed by atoms with Crippen LogP contribution in [0.25, 0.3) is 0 Å². The minimum atomic E-state index is -0.0105. The van der Waals surface area contributed by atoms with Gasteiger partial charge in [-0.1, -0.05) is 48.0 Å². The van der Waals surface area contributed by atoms with Gasteiger partial charge in [-0.25, -0.2) is 0 Å². The number of ether oxygens (including phenoxy) is 1. The number of rotatable bonds is 4. The summed E-state index contributed by atoms with van der Waals surface area (Å²) in [5.41, 5.74) is 0.451. The molecule has 0 aromatic heterocycles. The van der Waals surface area contributed by atoms with Gasteiger partial charge in [0, 0.05) is 18.9 Å². The maximum Gasteiger partial charge on any atom is 0.190 e. The van der Waals surface area contributed by atoms with Gasteiger partial charge in [-0.05, 0) is 26.0 Å². The molecule has 2 nitrogen and oxygen atoms in total. The topological polar surface area (TPSA) is 26.3 Å². The fraction of sp³-hybridized carbons (Fsp3) is 0.0714. The first-order valence-electron chi connectivity index (χ1n) is 5.41. The van der Waals surface area contributed by atoms with Crippen molar-refractivity contribution in [3.63, 3.8) is 0 Å². The van der Waals surface area contributed by atoms with Crippen molar-refractivity contribution < 1.29 is 9.53 Å². The van der Waals surface area contributed by atoms with E-state index in [1.807, 2.05) is 30.3 Å². The normalized spacial score (nSPS) is 10.2. The molecule has 93 valence electrons. The van der Waals surface area contributed by atoms with E-state index in [-0.39, 0.29) is 33.0 Å². The molecule has 1 atom stereocenters. The molecule has 0 bridgehead atoms. The van der Waals surface area contributed by atoms with Crippen molar-refractivity contribution in [2.45, 2.75) is 0 Å². The predicted molar refractivity (Wildman–Crippen MR) is 82.5 cm³/mol. The fourth-order valence-electron chi connectivity index (χ4n) is 1.61. The summed E-state index contributed by atoms with van der Waals surface area (Å²) >= 11 is 6.07. The first-order chi connectivity index (χ1) is 8.72. The smallest absolute Gasteiger partial charge is 0.190 e. The third-order valence-electron chi connectivity index (χ3n) is 2.45. The maximum atomic E-state index is 12.3. The summed E-state index contributed by atoms with van der Waals surface area (Å²) in [6, 6.07) is 14.8. The maximum absolute atomic E-state index is 12.3. The molecule has 1 radical (unpaired) electrons. The second-order valence-electron chi connectivity index (χ2n) is 3.64. The van der Waals surface area contributed by atoms with Gasteiger partial charge < -0.3 is 4.74 Å². The Labute approximate surface area is 131 Å². The Balaban J connectivity index is 0.00000180. The van der Waals surface area contributed by atoms with Gasteiger partial charge in [-0.2, -0.15) is 0 Å². The molecule has 0 aliphatic heterocycles. The van der Waals surface area contributed by atoms with Crippen LogP contribution in [0.15, 0.2) is 48.5 Å². The van der Waals surface area contributed by atoms with Crippen molar-refractivity contribution in [3.8, 4) is 5.75 Å². The van der Waals surface area contributed by atoms with Crippen molar-refractivity contribution in [2.24, 2.45) is 0 Å². The van der Waals surface area contributed by atoms with E-state index in [1.54, 1.807) is 18.2 Å². The minimum Gasteiger partial charge on any atom is -0.496 e. The zero-order valence-electron chi connectivity index (χ0n) is 10.8. The van der Waals surface area contributed by atoms with E-state index in [2.05, 4.69) is 0 Å². The molecule has 2 rings (SSSR count). The van der Waals surface area contributed by atoms with Gasteiger partial charge in [0.25, 0.3) is 0 Å². The third-order valence-corrected chi connectivity index (χ3v) is 3.87. The average molecular weight is 286 g/mol. The molecule has 2 aromatic carbocycles. The third kappa shape index (κ3) is 4.10. The second kappa shape index (κ2) is 7.73. The number of carbonyl (C=O) groups excluding carboxylic acids is 1. The Kier molecular flexibility index (Phi) is 6.62. The van der Waals surface area contributed by atoms with Crippen LogP contribution in [0.2, 0.25) is 5.02 Å². The molecule has 1 unspecified atom stereocenters. The summed E-state index contributed by atoms with van der Waals surface area (Å²) in [6.45, 7) is 0. The van der Waals surface area contributed by atoms with Crippen LogP contribution in [0, 0.1) is 0 Å². The van der Waals surface area contributed by atoms with E-state index in [0.29, 0.717) is 16.3 Å². The van der Waals surface area contributed by atoms with Crippen LogP contribution in [0.3, 0.4) is 0 Å². The summed E-state index contributed by atoms with van der Waals surface area (Å²) in [5.74, 6) is 0.524. The fourth-order valence-corrected chi connectivity index (χ4v) is 2.94. The standard InChI is InChI=1S/C14H12ClO2P.Li/c1-17-12-9-5-8-11(15)13(12)14(16)18-10-6-3-2-4-7-10;/h2-9,18H,1H3;. The van der Waals surface area contributed by atoms with Crippen LogP contribution in [-0.2, 0) is 0 Å².